The molecule has 1 saturated heterocycles. The van der Waals surface area contributed by atoms with Crippen molar-refractivity contribution in [2.75, 3.05) is 19.6 Å². The van der Waals surface area contributed by atoms with Gasteiger partial charge >= 0.3 is 6.09 Å². The monoisotopic (exact) mass is 447 g/mol. The summed E-state index contributed by atoms with van der Waals surface area (Å²) in [5.41, 5.74) is 8.43. The Bertz CT molecular complexity index is 1210. The summed E-state index contributed by atoms with van der Waals surface area (Å²) >= 11 is 0. The van der Waals surface area contributed by atoms with Gasteiger partial charge in [0.1, 0.15) is 17.6 Å². The molecule has 2 aliphatic rings. The number of likely N-dealkylation sites (tertiary alicyclic amines) is 1. The van der Waals surface area contributed by atoms with E-state index in [1.54, 1.807) is 19.3 Å². The number of piperidine rings is 1. The zero-order valence-electron chi connectivity index (χ0n) is 18.1. The van der Waals surface area contributed by atoms with Gasteiger partial charge in [-0.15, -0.1) is 0 Å². The average molecular weight is 447 g/mol. The van der Waals surface area contributed by atoms with E-state index in [0.29, 0.717) is 48.1 Å². The third-order valence-corrected chi connectivity index (χ3v) is 6.52. The highest BCUT2D eigenvalue weighted by Gasteiger charge is 2.56. The third-order valence-electron chi connectivity index (χ3n) is 6.52. The molecule has 5 atom stereocenters. The Morgan fingerprint density at radius 1 is 1.30 bits per heavy atom. The summed E-state index contributed by atoms with van der Waals surface area (Å²) in [7, 11) is 0. The number of rotatable bonds is 5. The number of nitrogens with zero attached hydrogens (tertiary/aromatic N) is 4. The Morgan fingerprint density at radius 3 is 2.67 bits per heavy atom. The number of fused-ring (bicyclic) bond motifs is 1. The molecule has 1 amide bonds. The Balaban J connectivity index is 1.27. The minimum Gasteiger partial charge on any atom is -0.465 e. The molecule has 170 valence electrons. The van der Waals surface area contributed by atoms with Crippen molar-refractivity contribution < 1.29 is 19.5 Å². The van der Waals surface area contributed by atoms with Crippen molar-refractivity contribution in [2.45, 2.75) is 19.1 Å². The van der Waals surface area contributed by atoms with Gasteiger partial charge in [-0.2, -0.15) is 0 Å². The molecule has 1 aliphatic heterocycles. The minimum absolute atomic E-state index is 0.282. The van der Waals surface area contributed by atoms with Crippen LogP contribution in [0.2, 0.25) is 0 Å². The molecule has 9 heteroatoms. The van der Waals surface area contributed by atoms with Gasteiger partial charge in [-0.1, -0.05) is 17.0 Å². The van der Waals surface area contributed by atoms with Gasteiger partial charge in [0.05, 0.1) is 6.04 Å². The number of carbonyl (C=O) groups is 1. The van der Waals surface area contributed by atoms with Crippen molar-refractivity contribution >= 4 is 6.09 Å². The van der Waals surface area contributed by atoms with Gasteiger partial charge in [0.25, 0.3) is 0 Å². The van der Waals surface area contributed by atoms with Crippen LogP contribution >= 0.6 is 0 Å². The number of aliphatic hydroxyl groups excluding tert-OH is 1. The van der Waals surface area contributed by atoms with Crippen LogP contribution in [0.4, 0.5) is 4.79 Å². The van der Waals surface area contributed by atoms with Gasteiger partial charge in [0.15, 0.2) is 5.76 Å². The second kappa shape index (κ2) is 8.39. The van der Waals surface area contributed by atoms with E-state index in [9.17, 15) is 9.90 Å². The van der Waals surface area contributed by atoms with E-state index in [1.165, 1.54) is 4.90 Å². The fourth-order valence-corrected chi connectivity index (χ4v) is 4.65. The number of nitrogens with two attached hydrogens (primary N) is 1. The maximum Gasteiger partial charge on any atom is 0.407 e. The van der Waals surface area contributed by atoms with Crippen LogP contribution in [0.1, 0.15) is 36.2 Å². The predicted octanol–water partition coefficient (Wildman–Crippen LogP) is 2.35. The van der Waals surface area contributed by atoms with Gasteiger partial charge in [-0.05, 0) is 43.0 Å². The standard InChI is InChI=1S/C24H25N5O4/c1-14(30)23-26-8-9-29(23)21(11-25)20-10-22(33-27-20)16-5-2-15(3-6-16)4-7-17-18-12-28(24(31)32)13-19(17)18/h2-3,5-6,8-10,14,17-19,21,30H,11-13,25H2,1H3,(H,31,32)/t14-,17?,18-,19+,21+/m0/s1. The first-order valence-corrected chi connectivity index (χ1v) is 10.9. The zero-order chi connectivity index (χ0) is 23.1. The number of hydrogen-bond donors (Lipinski definition) is 3. The lowest BCUT2D eigenvalue weighted by molar-refractivity contribution is 0.149. The first kappa shape index (κ1) is 21.2. The predicted molar refractivity (Wildman–Crippen MR) is 119 cm³/mol. The number of imidazole rings is 1. The Labute approximate surface area is 190 Å². The van der Waals surface area contributed by atoms with Crippen LogP contribution in [-0.4, -0.2) is 55.5 Å². The molecule has 1 aliphatic carbocycles. The molecule has 9 nitrogen and oxygen atoms in total. The highest BCUT2D eigenvalue weighted by atomic mass is 16.5. The number of hydrogen-bond acceptors (Lipinski definition) is 6. The largest absolute Gasteiger partial charge is 0.465 e. The normalized spacial score (nSPS) is 22.9. The number of amides is 1. The number of carboxylic acid groups (broad SMARTS) is 1. The SMILES string of the molecule is C[C@H](O)c1nccn1[C@H](CN)c1cc(-c2ccc(C#CC3[C@H]4CN(C(=O)O)C[C@@H]34)cc2)on1. The minimum atomic E-state index is -0.841. The van der Waals surface area contributed by atoms with Gasteiger partial charge in [-0.3, -0.25) is 0 Å². The van der Waals surface area contributed by atoms with Crippen molar-refractivity contribution in [3.05, 3.63) is 59.8 Å². The molecule has 1 unspecified atom stereocenters. The lowest BCUT2D eigenvalue weighted by Gasteiger charge is -2.17. The molecule has 3 heterocycles. The van der Waals surface area contributed by atoms with Crippen molar-refractivity contribution in [2.24, 2.45) is 23.5 Å². The van der Waals surface area contributed by atoms with Crippen LogP contribution in [0.25, 0.3) is 11.3 Å². The molecule has 1 aromatic carbocycles. The van der Waals surface area contributed by atoms with Gasteiger partial charge in [0.2, 0.25) is 0 Å². The molecule has 2 aromatic heterocycles. The van der Waals surface area contributed by atoms with Gasteiger partial charge in [-0.25, -0.2) is 9.78 Å². The Kier molecular flexibility index (Phi) is 5.40. The van der Waals surface area contributed by atoms with E-state index in [-0.39, 0.29) is 12.6 Å². The maximum absolute atomic E-state index is 11.0. The first-order chi connectivity index (χ1) is 16.0. The average Bonchev–Trinajstić information content (AvgIpc) is 3.32. The Morgan fingerprint density at radius 2 is 2.03 bits per heavy atom. The highest BCUT2D eigenvalue weighted by Crippen LogP contribution is 2.51. The second-order valence-corrected chi connectivity index (χ2v) is 8.62. The fraction of sp³-hybridized carbons (Fsp3) is 0.375. The van der Waals surface area contributed by atoms with E-state index >= 15 is 0 Å². The quantitative estimate of drug-likeness (QED) is 0.512. The number of aliphatic hydroxyl groups is 1. The smallest absolute Gasteiger partial charge is 0.407 e. The summed E-state index contributed by atoms with van der Waals surface area (Å²) in [6, 6.07) is 9.30. The molecule has 0 radical (unpaired) electrons. The van der Waals surface area contributed by atoms with E-state index in [2.05, 4.69) is 22.0 Å². The zero-order valence-corrected chi connectivity index (χ0v) is 18.1. The van der Waals surface area contributed by atoms with E-state index in [1.807, 2.05) is 34.9 Å². The summed E-state index contributed by atoms with van der Waals surface area (Å²) < 4.78 is 7.38. The first-order valence-electron chi connectivity index (χ1n) is 10.9. The van der Waals surface area contributed by atoms with Crippen LogP contribution in [0, 0.1) is 29.6 Å². The molecule has 3 aromatic rings. The lowest BCUT2D eigenvalue weighted by Crippen LogP contribution is -2.29. The fourth-order valence-electron chi connectivity index (χ4n) is 4.65. The van der Waals surface area contributed by atoms with E-state index in [4.69, 9.17) is 15.4 Å². The molecule has 0 spiro atoms. The van der Waals surface area contributed by atoms with Gasteiger partial charge < -0.3 is 29.9 Å². The molecule has 33 heavy (non-hydrogen) atoms. The number of aromatic nitrogens is 3. The summed E-state index contributed by atoms with van der Waals surface area (Å²) in [4.78, 5) is 16.7. The Hall–Kier alpha value is -3.61. The van der Waals surface area contributed by atoms with Crippen molar-refractivity contribution in [1.82, 2.24) is 19.6 Å². The van der Waals surface area contributed by atoms with Gasteiger partial charge in [0, 0.05) is 55.1 Å². The summed E-state index contributed by atoms with van der Waals surface area (Å²) in [6.45, 7) is 3.12. The number of benzene rings is 1. The molecule has 5 rings (SSSR count). The topological polar surface area (TPSA) is 131 Å². The molecule has 4 N–H and O–H groups in total. The summed E-state index contributed by atoms with van der Waals surface area (Å²) in [5, 5.41) is 23.2. The van der Waals surface area contributed by atoms with Crippen LogP contribution < -0.4 is 5.73 Å². The molecule has 0 bridgehead atoms. The lowest BCUT2D eigenvalue weighted by atomic mass is 10.1. The third kappa shape index (κ3) is 3.99. The summed E-state index contributed by atoms with van der Waals surface area (Å²) in [5.74, 6) is 8.70. The van der Waals surface area contributed by atoms with E-state index in [0.717, 1.165) is 11.1 Å². The second-order valence-electron chi connectivity index (χ2n) is 8.62. The molecule has 1 saturated carbocycles. The van der Waals surface area contributed by atoms with E-state index < -0.39 is 12.2 Å². The van der Waals surface area contributed by atoms with Crippen molar-refractivity contribution in [3.8, 4) is 23.2 Å². The van der Waals surface area contributed by atoms with Crippen LogP contribution in [-0.2, 0) is 0 Å². The molecule has 2 fully saturated rings. The van der Waals surface area contributed by atoms with Crippen LogP contribution in [0.15, 0.2) is 47.2 Å². The highest BCUT2D eigenvalue weighted by molar-refractivity contribution is 5.66. The summed E-state index contributed by atoms with van der Waals surface area (Å²) in [6.07, 6.45) is 1.84. The molecular formula is C24H25N5O4. The molecular weight excluding hydrogens is 422 g/mol. The van der Waals surface area contributed by atoms with Crippen molar-refractivity contribution in [1.29, 1.82) is 0 Å². The van der Waals surface area contributed by atoms with Crippen LogP contribution in [0.3, 0.4) is 0 Å². The maximum atomic E-state index is 11.0. The van der Waals surface area contributed by atoms with Crippen molar-refractivity contribution in [3.63, 3.8) is 0 Å². The van der Waals surface area contributed by atoms with Crippen LogP contribution in [0.5, 0.6) is 0 Å².